The summed E-state index contributed by atoms with van der Waals surface area (Å²) in [5.74, 6) is 3.65. The predicted molar refractivity (Wildman–Crippen MR) is 349 cm³/mol. The van der Waals surface area contributed by atoms with Crippen LogP contribution in [-0.2, 0) is 5.67 Å². The Balaban J connectivity index is 0.984. The zero-order valence-corrected chi connectivity index (χ0v) is 49.6. The van der Waals surface area contributed by atoms with Gasteiger partial charge in [0.05, 0.1) is 33.4 Å². The molecule has 0 aliphatic heterocycles. The van der Waals surface area contributed by atoms with E-state index >= 15 is 4.39 Å². The molecule has 1 aliphatic carbocycles. The summed E-state index contributed by atoms with van der Waals surface area (Å²) in [5.41, 5.74) is 18.9. The molecule has 0 N–H and O–H groups in total. The number of fused-ring (bicyclic) bond motifs is 3. The van der Waals surface area contributed by atoms with Crippen molar-refractivity contribution in [3.63, 3.8) is 0 Å². The normalized spacial score (nSPS) is 13.6. The van der Waals surface area contributed by atoms with Crippen LogP contribution in [-0.4, -0.2) is 19.1 Å². The third-order valence-corrected chi connectivity index (χ3v) is 17.5. The molecule has 0 atom stereocenters. The lowest BCUT2D eigenvalue weighted by Crippen LogP contribution is -2.24. The first-order valence-corrected chi connectivity index (χ1v) is 30.4. The van der Waals surface area contributed by atoms with Gasteiger partial charge in [0.25, 0.3) is 0 Å². The second kappa shape index (κ2) is 22.4. The fourth-order valence-electron chi connectivity index (χ4n) is 13.2. The Hall–Kier alpha value is -8.87. The lowest BCUT2D eigenvalue weighted by molar-refractivity contribution is 0.107. The second-order valence-electron chi connectivity index (χ2n) is 24.5. The minimum Gasteiger partial charge on any atom is -0.457 e. The van der Waals surface area contributed by atoms with Gasteiger partial charge in [-0.1, -0.05) is 207 Å². The van der Waals surface area contributed by atoms with Crippen LogP contribution in [0.25, 0.3) is 100 Å². The molecule has 5 nitrogen and oxygen atoms in total. The minimum absolute atomic E-state index is 0.113. The largest absolute Gasteiger partial charge is 0.457 e. The van der Waals surface area contributed by atoms with Crippen LogP contribution in [0.3, 0.4) is 0 Å². The number of aromatic nitrogens is 4. The van der Waals surface area contributed by atoms with E-state index in [1.54, 1.807) is 0 Å². The summed E-state index contributed by atoms with van der Waals surface area (Å²) < 4.78 is 30.0. The first-order valence-electron chi connectivity index (χ1n) is 30.4. The molecule has 2 aromatic heterocycles. The molecule has 1 aliphatic rings. The van der Waals surface area contributed by atoms with Crippen molar-refractivity contribution in [2.24, 2.45) is 0 Å². The Morgan fingerprint density at radius 3 is 1.51 bits per heavy atom. The number of imidazole rings is 2. The van der Waals surface area contributed by atoms with Gasteiger partial charge in [-0.3, -0.25) is 9.13 Å². The highest BCUT2D eigenvalue weighted by Gasteiger charge is 2.38. The molecule has 10 aromatic carbocycles. The highest BCUT2D eigenvalue weighted by molar-refractivity contribution is 6.00. The molecule has 2 heterocycles. The van der Waals surface area contributed by atoms with Crippen molar-refractivity contribution < 1.29 is 9.13 Å². The third-order valence-electron chi connectivity index (χ3n) is 17.5. The number of rotatable bonds is 14. The van der Waals surface area contributed by atoms with Crippen LogP contribution in [0.15, 0.2) is 212 Å². The molecule has 0 saturated heterocycles. The summed E-state index contributed by atoms with van der Waals surface area (Å²) in [5, 5.41) is 2.05. The first kappa shape index (κ1) is 54.4. The van der Waals surface area contributed by atoms with Crippen LogP contribution < -0.4 is 4.74 Å². The van der Waals surface area contributed by atoms with Crippen molar-refractivity contribution >= 4 is 32.8 Å². The summed E-state index contributed by atoms with van der Waals surface area (Å²) in [4.78, 5) is 11.1. The molecule has 1 saturated carbocycles. The van der Waals surface area contributed by atoms with E-state index in [1.807, 2.05) is 18.2 Å². The minimum atomic E-state index is -1.50. The van der Waals surface area contributed by atoms with Gasteiger partial charge >= 0.3 is 0 Å². The Morgan fingerprint density at radius 1 is 0.405 bits per heavy atom. The Labute approximate surface area is 494 Å². The highest BCUT2D eigenvalue weighted by atomic mass is 19.1. The fraction of sp³-hybridized carbons (Fsp3) is 0.231. The fourth-order valence-corrected chi connectivity index (χ4v) is 13.2. The number of para-hydroxylation sites is 3. The maximum Gasteiger partial charge on any atom is 0.146 e. The molecule has 13 rings (SSSR count). The average molecular weight is 1100 g/mol. The molecule has 0 spiro atoms. The van der Waals surface area contributed by atoms with Crippen molar-refractivity contribution in [3.05, 3.63) is 240 Å². The number of hydrogen-bond acceptors (Lipinski definition) is 3. The van der Waals surface area contributed by atoms with Crippen LogP contribution in [0, 0.1) is 0 Å². The van der Waals surface area contributed by atoms with Crippen LogP contribution in [0.2, 0.25) is 0 Å². The van der Waals surface area contributed by atoms with Crippen molar-refractivity contribution in [1.29, 1.82) is 0 Å². The standard InChI is InChI=1S/C78H73FN4O/c1-49(2)64-44-59(54-26-14-10-15-27-54)45-65(50(3)4)73(64)82-72-35-19-18-33-70(72)80-76(82)58-29-22-30-61(43-58)84-62-42-57-28-16-17-31-63(57)68(48-62)77-81-71-34-23-32-69(78(79)40-20-11-21-41-78)75(71)83(77)74-66(51(5)6)46-60(47-67(74)52(7)8)56-38-36-55(37-39-56)53-24-12-9-13-25-53/h9-10,12-19,22-39,42-52H,11,20-21,40-41H2,1-8H3. The maximum atomic E-state index is 18.1. The topological polar surface area (TPSA) is 44.9 Å². The van der Waals surface area contributed by atoms with Crippen molar-refractivity contribution in [3.8, 4) is 79.0 Å². The number of alkyl halides is 1. The van der Waals surface area contributed by atoms with E-state index < -0.39 is 5.67 Å². The predicted octanol–water partition coefficient (Wildman–Crippen LogP) is 22.3. The van der Waals surface area contributed by atoms with E-state index in [0.29, 0.717) is 24.3 Å². The van der Waals surface area contributed by atoms with Crippen LogP contribution in [0.1, 0.15) is 139 Å². The van der Waals surface area contributed by atoms with E-state index in [-0.39, 0.29) is 23.7 Å². The molecule has 1 fully saturated rings. The second-order valence-corrected chi connectivity index (χ2v) is 24.5. The van der Waals surface area contributed by atoms with E-state index in [1.165, 1.54) is 50.2 Å². The Morgan fingerprint density at radius 2 is 0.893 bits per heavy atom. The number of ether oxygens (including phenoxy) is 1. The SMILES string of the molecule is CC(C)c1cc(-c2ccccc2)cc(C(C)C)c1-n1c(-c2cccc(Oc3cc(-c4nc5cccc(C6(F)CCCCC6)c5n4-c4c(C(C)C)cc(-c5ccc(-c6ccccc6)cc5)cc4C(C)C)c4ccccc4c3)c2)nc2ccccc21. The van der Waals surface area contributed by atoms with Gasteiger partial charge in [0, 0.05) is 16.7 Å². The molecule has 0 unspecified atom stereocenters. The van der Waals surface area contributed by atoms with E-state index in [4.69, 9.17) is 14.7 Å². The molecular formula is C78H73FN4O. The molecule has 6 heteroatoms. The number of hydrogen-bond donors (Lipinski definition) is 0. The molecular weight excluding hydrogens is 1030 g/mol. The average Bonchev–Trinajstić information content (AvgIpc) is 1.77. The van der Waals surface area contributed by atoms with Gasteiger partial charge < -0.3 is 4.74 Å². The third kappa shape index (κ3) is 9.99. The molecule has 0 amide bonds. The van der Waals surface area contributed by atoms with Crippen molar-refractivity contribution in [1.82, 2.24) is 19.1 Å². The summed E-state index contributed by atoms with van der Waals surface area (Å²) in [6.45, 7) is 18.3. The molecule has 84 heavy (non-hydrogen) atoms. The molecule has 418 valence electrons. The van der Waals surface area contributed by atoms with Crippen LogP contribution in [0.5, 0.6) is 11.5 Å². The highest BCUT2D eigenvalue weighted by Crippen LogP contribution is 2.49. The first-order chi connectivity index (χ1) is 40.8. The molecule has 0 radical (unpaired) electrons. The van der Waals surface area contributed by atoms with Crippen LogP contribution >= 0.6 is 0 Å². The Bertz CT molecular complexity index is 4330. The number of halogens is 1. The number of nitrogens with zero attached hydrogens (tertiary/aromatic N) is 4. The van der Waals surface area contributed by atoms with E-state index in [9.17, 15) is 0 Å². The lowest BCUT2D eigenvalue weighted by atomic mass is 9.80. The summed E-state index contributed by atoms with van der Waals surface area (Å²) in [6, 6.07) is 75.5. The summed E-state index contributed by atoms with van der Waals surface area (Å²) in [6.07, 6.45) is 3.71. The van der Waals surface area contributed by atoms with Gasteiger partial charge in [-0.05, 0) is 182 Å². The number of benzene rings is 10. The van der Waals surface area contributed by atoms with Crippen LogP contribution in [0.4, 0.5) is 4.39 Å². The van der Waals surface area contributed by atoms with Gasteiger partial charge in [0.15, 0.2) is 0 Å². The Kier molecular flexibility index (Phi) is 14.5. The van der Waals surface area contributed by atoms with Crippen molar-refractivity contribution in [2.75, 3.05) is 0 Å². The zero-order chi connectivity index (χ0) is 57.8. The smallest absolute Gasteiger partial charge is 0.146 e. The van der Waals surface area contributed by atoms with Gasteiger partial charge in [-0.25, -0.2) is 14.4 Å². The van der Waals surface area contributed by atoms with Gasteiger partial charge in [0.2, 0.25) is 0 Å². The van der Waals surface area contributed by atoms with E-state index in [2.05, 4.69) is 259 Å². The van der Waals surface area contributed by atoms with Crippen molar-refractivity contribution in [2.45, 2.75) is 117 Å². The zero-order valence-electron chi connectivity index (χ0n) is 49.6. The van der Waals surface area contributed by atoms with Gasteiger partial charge in [0.1, 0.15) is 28.8 Å². The maximum absolute atomic E-state index is 18.1. The van der Waals surface area contributed by atoms with Gasteiger partial charge in [-0.2, -0.15) is 0 Å². The molecule has 0 bridgehead atoms. The monoisotopic (exact) mass is 1100 g/mol. The quantitative estimate of drug-likeness (QED) is 0.109. The van der Waals surface area contributed by atoms with Gasteiger partial charge in [-0.15, -0.1) is 0 Å². The lowest BCUT2D eigenvalue weighted by Gasteiger charge is -2.31. The molecule has 12 aromatic rings. The summed E-state index contributed by atoms with van der Waals surface area (Å²) >= 11 is 0. The summed E-state index contributed by atoms with van der Waals surface area (Å²) in [7, 11) is 0. The van der Waals surface area contributed by atoms with E-state index in [0.717, 1.165) is 97.3 Å².